The molecule has 4 aromatic rings. The number of imidazole rings is 1. The predicted molar refractivity (Wildman–Crippen MR) is 136 cm³/mol. The molecule has 1 N–H and O–H groups in total. The van der Waals surface area contributed by atoms with E-state index in [1.807, 2.05) is 59.2 Å². The lowest BCUT2D eigenvalue weighted by molar-refractivity contribution is -0.123. The van der Waals surface area contributed by atoms with Crippen molar-refractivity contribution in [2.24, 2.45) is 0 Å². The first-order chi connectivity index (χ1) is 16.6. The lowest BCUT2D eigenvalue weighted by Crippen LogP contribution is -2.34. The minimum Gasteiger partial charge on any atom is -0.497 e. The molecular formula is C27H28ClN3O3. The summed E-state index contributed by atoms with van der Waals surface area (Å²) in [6.07, 6.45) is 1.90. The van der Waals surface area contributed by atoms with E-state index >= 15 is 0 Å². The number of nitrogens with one attached hydrogen (secondary N) is 1. The second-order valence-corrected chi connectivity index (χ2v) is 8.40. The highest BCUT2D eigenvalue weighted by molar-refractivity contribution is 6.30. The van der Waals surface area contributed by atoms with Crippen LogP contribution in [0.1, 0.15) is 31.4 Å². The van der Waals surface area contributed by atoms with Gasteiger partial charge < -0.3 is 19.4 Å². The molecule has 34 heavy (non-hydrogen) atoms. The van der Waals surface area contributed by atoms with E-state index in [0.717, 1.165) is 35.0 Å². The van der Waals surface area contributed by atoms with Gasteiger partial charge in [-0.05, 0) is 48.4 Å². The minimum atomic E-state index is -0.650. The summed E-state index contributed by atoms with van der Waals surface area (Å²) in [7, 11) is 3.22. The zero-order valence-electron chi connectivity index (χ0n) is 19.5. The number of carbonyl (C=O) groups excluding carboxylic acids is 1. The van der Waals surface area contributed by atoms with Crippen molar-refractivity contribution in [1.29, 1.82) is 0 Å². The first-order valence-electron chi connectivity index (χ1n) is 11.3. The molecule has 0 radical (unpaired) electrons. The molecule has 0 aliphatic heterocycles. The molecular weight excluding hydrogens is 450 g/mol. The Balaban J connectivity index is 1.96. The van der Waals surface area contributed by atoms with Crippen molar-refractivity contribution < 1.29 is 14.3 Å². The summed E-state index contributed by atoms with van der Waals surface area (Å²) >= 11 is 6.17. The number of aromatic nitrogens is 2. The van der Waals surface area contributed by atoms with Gasteiger partial charge in [0.25, 0.3) is 0 Å². The van der Waals surface area contributed by atoms with Crippen molar-refractivity contribution in [2.45, 2.75) is 25.8 Å². The maximum absolute atomic E-state index is 13.6. The van der Waals surface area contributed by atoms with Gasteiger partial charge in [-0.15, -0.1) is 0 Å². The first-order valence-corrected chi connectivity index (χ1v) is 11.7. The van der Waals surface area contributed by atoms with Crippen molar-refractivity contribution in [2.75, 3.05) is 20.8 Å². The van der Waals surface area contributed by atoms with Gasteiger partial charge in [0.05, 0.1) is 30.8 Å². The highest BCUT2D eigenvalue weighted by Gasteiger charge is 2.29. The van der Waals surface area contributed by atoms with Gasteiger partial charge in [-0.1, -0.05) is 49.2 Å². The van der Waals surface area contributed by atoms with E-state index in [0.29, 0.717) is 28.9 Å². The van der Waals surface area contributed by atoms with Crippen LogP contribution >= 0.6 is 11.6 Å². The molecule has 3 aromatic carbocycles. The molecule has 0 aliphatic carbocycles. The van der Waals surface area contributed by atoms with E-state index in [4.69, 9.17) is 26.1 Å². The summed E-state index contributed by atoms with van der Waals surface area (Å²) in [5, 5.41) is 3.72. The first kappa shape index (κ1) is 23.6. The summed E-state index contributed by atoms with van der Waals surface area (Å²) in [6.45, 7) is 2.70. The maximum Gasteiger partial charge on any atom is 0.247 e. The van der Waals surface area contributed by atoms with Gasteiger partial charge in [0.1, 0.15) is 23.4 Å². The maximum atomic E-state index is 13.6. The minimum absolute atomic E-state index is 0.104. The van der Waals surface area contributed by atoms with Crippen molar-refractivity contribution in [1.82, 2.24) is 14.9 Å². The van der Waals surface area contributed by atoms with Crippen LogP contribution in [0.4, 0.5) is 0 Å². The number of methoxy groups -OCH3 is 2. The SMILES string of the molecule is CCCCNC(=O)C(c1ccc(Cl)cc1)n1c(-c2ccc(OC)cc2OC)nc2ccccc21. The van der Waals surface area contributed by atoms with E-state index in [-0.39, 0.29) is 5.91 Å². The van der Waals surface area contributed by atoms with E-state index < -0.39 is 6.04 Å². The van der Waals surface area contributed by atoms with Crippen molar-refractivity contribution in [3.8, 4) is 22.9 Å². The lowest BCUT2D eigenvalue weighted by Gasteiger charge is -2.23. The number of para-hydroxylation sites is 2. The van der Waals surface area contributed by atoms with Crippen LogP contribution in [-0.2, 0) is 4.79 Å². The van der Waals surface area contributed by atoms with Gasteiger partial charge in [0.2, 0.25) is 5.91 Å². The summed E-state index contributed by atoms with van der Waals surface area (Å²) in [5.74, 6) is 1.81. The lowest BCUT2D eigenvalue weighted by atomic mass is 10.0. The van der Waals surface area contributed by atoms with Crippen molar-refractivity contribution in [3.63, 3.8) is 0 Å². The molecule has 4 rings (SSSR count). The summed E-state index contributed by atoms with van der Waals surface area (Å²) in [4.78, 5) is 18.6. The second-order valence-electron chi connectivity index (χ2n) is 7.96. The van der Waals surface area contributed by atoms with Crippen LogP contribution in [0.2, 0.25) is 5.02 Å². The van der Waals surface area contributed by atoms with Gasteiger partial charge in [-0.2, -0.15) is 0 Å². The van der Waals surface area contributed by atoms with Crippen LogP contribution in [0, 0.1) is 0 Å². The number of hydrogen-bond donors (Lipinski definition) is 1. The molecule has 0 spiro atoms. The van der Waals surface area contributed by atoms with E-state index in [9.17, 15) is 4.79 Å². The highest BCUT2D eigenvalue weighted by Crippen LogP contribution is 2.38. The molecule has 1 aromatic heterocycles. The van der Waals surface area contributed by atoms with Crippen LogP contribution in [-0.4, -0.2) is 36.2 Å². The molecule has 6 nitrogen and oxygen atoms in total. The number of nitrogens with zero attached hydrogens (tertiary/aromatic N) is 2. The number of carbonyl (C=O) groups is 1. The highest BCUT2D eigenvalue weighted by atomic mass is 35.5. The molecule has 0 fully saturated rings. The van der Waals surface area contributed by atoms with Crippen molar-refractivity contribution >= 4 is 28.5 Å². The number of halogens is 1. The average molecular weight is 478 g/mol. The van der Waals surface area contributed by atoms with E-state index in [1.165, 1.54) is 0 Å². The largest absolute Gasteiger partial charge is 0.497 e. The predicted octanol–water partition coefficient (Wildman–Crippen LogP) is 5.88. The monoisotopic (exact) mass is 477 g/mol. The molecule has 7 heteroatoms. The van der Waals surface area contributed by atoms with Gasteiger partial charge in [-0.3, -0.25) is 4.79 Å². The quantitative estimate of drug-likeness (QED) is 0.306. The number of unbranched alkanes of at least 4 members (excludes halogenated alkanes) is 1. The third kappa shape index (κ3) is 4.73. The van der Waals surface area contributed by atoms with E-state index in [1.54, 1.807) is 26.4 Å². The summed E-state index contributed by atoms with van der Waals surface area (Å²) in [6, 6.07) is 20.1. The van der Waals surface area contributed by atoms with Gasteiger partial charge >= 0.3 is 0 Å². The fraction of sp³-hybridized carbons (Fsp3) is 0.259. The number of ether oxygens (including phenoxy) is 2. The molecule has 1 atom stereocenters. The molecule has 1 amide bonds. The second kappa shape index (κ2) is 10.6. The Labute approximate surface area is 204 Å². The molecule has 0 aliphatic rings. The Morgan fingerprint density at radius 2 is 1.82 bits per heavy atom. The van der Waals surface area contributed by atoms with Crippen molar-refractivity contribution in [3.05, 3.63) is 77.3 Å². The Morgan fingerprint density at radius 1 is 1.06 bits per heavy atom. The summed E-state index contributed by atoms with van der Waals surface area (Å²) in [5.41, 5.74) is 3.21. The zero-order chi connectivity index (χ0) is 24.1. The number of fused-ring (bicyclic) bond motifs is 1. The van der Waals surface area contributed by atoms with Crippen LogP contribution in [0.15, 0.2) is 66.7 Å². The average Bonchev–Trinajstić information content (AvgIpc) is 3.24. The molecule has 0 bridgehead atoms. The molecule has 1 heterocycles. The van der Waals surface area contributed by atoms with Crippen LogP contribution in [0.25, 0.3) is 22.4 Å². The third-order valence-corrected chi connectivity index (χ3v) is 6.02. The Morgan fingerprint density at radius 3 is 2.53 bits per heavy atom. The van der Waals surface area contributed by atoms with Crippen LogP contribution in [0.3, 0.4) is 0 Å². The molecule has 0 saturated heterocycles. The van der Waals surface area contributed by atoms with E-state index in [2.05, 4.69) is 12.2 Å². The summed E-state index contributed by atoms with van der Waals surface area (Å²) < 4.78 is 13.0. The normalized spacial score (nSPS) is 11.9. The van der Waals surface area contributed by atoms with Crippen LogP contribution in [0.5, 0.6) is 11.5 Å². The Kier molecular flexibility index (Phi) is 7.38. The van der Waals surface area contributed by atoms with Gasteiger partial charge in [0.15, 0.2) is 0 Å². The number of benzene rings is 3. The fourth-order valence-corrected chi connectivity index (χ4v) is 4.15. The Hall–Kier alpha value is -3.51. The van der Waals surface area contributed by atoms with Gasteiger partial charge in [-0.25, -0.2) is 4.98 Å². The van der Waals surface area contributed by atoms with Gasteiger partial charge in [0, 0.05) is 17.6 Å². The number of amides is 1. The smallest absolute Gasteiger partial charge is 0.247 e. The zero-order valence-corrected chi connectivity index (χ0v) is 20.3. The third-order valence-electron chi connectivity index (χ3n) is 5.77. The molecule has 176 valence electrons. The molecule has 1 unspecified atom stereocenters. The topological polar surface area (TPSA) is 65.4 Å². The standard InChI is InChI=1S/C27H28ClN3O3/c1-4-5-16-29-27(32)25(18-10-12-19(28)13-11-18)31-23-9-7-6-8-22(23)30-26(31)21-15-14-20(33-2)17-24(21)34-3/h6-15,17,25H,4-5,16H2,1-3H3,(H,29,32). The fourth-order valence-electron chi connectivity index (χ4n) is 4.03. The number of hydrogen-bond acceptors (Lipinski definition) is 4. The number of rotatable bonds is 9. The molecule has 0 saturated carbocycles. The Bertz CT molecular complexity index is 1280. The van der Waals surface area contributed by atoms with Crippen LogP contribution < -0.4 is 14.8 Å².